The standard InChI is InChI=1S/C20H28N6O3/c1-3-26(4-2)19(27)16-9-11-17(12-10-16)24-20(28)29-18(13-14-21)8-6-5-7-15-23-25-22/h9-12,18H,3-8,13,15H2,1-2H3,(H,24,28). The average molecular weight is 400 g/mol. The molecule has 0 saturated heterocycles. The van der Waals surface area contributed by atoms with Crippen molar-refractivity contribution in [1.82, 2.24) is 4.90 Å². The molecule has 0 radical (unpaired) electrons. The number of ether oxygens (including phenoxy) is 1. The van der Waals surface area contributed by atoms with Gasteiger partial charge in [-0.1, -0.05) is 11.5 Å². The van der Waals surface area contributed by atoms with Crippen LogP contribution in [-0.2, 0) is 4.74 Å². The average Bonchev–Trinajstić information content (AvgIpc) is 2.72. The molecule has 0 aromatic heterocycles. The van der Waals surface area contributed by atoms with Gasteiger partial charge in [-0.3, -0.25) is 10.1 Å². The van der Waals surface area contributed by atoms with Crippen molar-refractivity contribution in [2.45, 2.75) is 52.1 Å². The first-order valence-corrected chi connectivity index (χ1v) is 9.80. The molecule has 0 bridgehead atoms. The van der Waals surface area contributed by atoms with Crippen LogP contribution in [0.3, 0.4) is 0 Å². The molecule has 0 heterocycles. The van der Waals surface area contributed by atoms with E-state index >= 15 is 0 Å². The lowest BCUT2D eigenvalue weighted by molar-refractivity contribution is 0.0773. The normalized spacial score (nSPS) is 10.9. The van der Waals surface area contributed by atoms with Crippen LogP contribution in [0.2, 0.25) is 0 Å². The van der Waals surface area contributed by atoms with Crippen LogP contribution in [0.1, 0.15) is 56.3 Å². The highest BCUT2D eigenvalue weighted by Gasteiger charge is 2.15. The summed E-state index contributed by atoms with van der Waals surface area (Å²) >= 11 is 0. The first-order valence-electron chi connectivity index (χ1n) is 9.80. The van der Waals surface area contributed by atoms with E-state index in [0.29, 0.717) is 37.3 Å². The quantitative estimate of drug-likeness (QED) is 0.232. The molecule has 1 aromatic rings. The number of nitrogens with zero attached hydrogens (tertiary/aromatic N) is 5. The van der Waals surface area contributed by atoms with Crippen LogP contribution in [0, 0.1) is 11.3 Å². The molecule has 1 unspecified atom stereocenters. The van der Waals surface area contributed by atoms with Crippen LogP contribution in [0.5, 0.6) is 0 Å². The molecule has 0 saturated carbocycles. The van der Waals surface area contributed by atoms with E-state index in [1.165, 1.54) is 0 Å². The topological polar surface area (TPSA) is 131 Å². The van der Waals surface area contributed by atoms with Gasteiger partial charge in [-0.2, -0.15) is 5.26 Å². The second kappa shape index (κ2) is 13.9. The zero-order chi connectivity index (χ0) is 21.5. The van der Waals surface area contributed by atoms with Gasteiger partial charge in [0, 0.05) is 35.8 Å². The van der Waals surface area contributed by atoms with Crippen LogP contribution in [0.15, 0.2) is 29.4 Å². The third kappa shape index (κ3) is 9.00. The summed E-state index contributed by atoms with van der Waals surface area (Å²) in [4.78, 5) is 28.8. The Hall–Kier alpha value is -3.24. The number of nitriles is 1. The molecule has 2 amide bonds. The number of carbonyl (C=O) groups excluding carboxylic acids is 2. The summed E-state index contributed by atoms with van der Waals surface area (Å²) in [6, 6.07) is 8.64. The molecule has 0 spiro atoms. The third-order valence-corrected chi connectivity index (χ3v) is 4.37. The maximum atomic E-state index is 12.3. The summed E-state index contributed by atoms with van der Waals surface area (Å²) < 4.78 is 5.34. The fourth-order valence-corrected chi connectivity index (χ4v) is 2.77. The number of unbranched alkanes of at least 4 members (excludes halogenated alkanes) is 2. The van der Waals surface area contributed by atoms with Crippen LogP contribution in [-0.4, -0.2) is 42.6 Å². The van der Waals surface area contributed by atoms with E-state index in [1.54, 1.807) is 29.2 Å². The number of amides is 2. The Labute approximate surface area is 171 Å². The highest BCUT2D eigenvalue weighted by molar-refractivity contribution is 5.95. The lowest BCUT2D eigenvalue weighted by atomic mass is 10.1. The predicted octanol–water partition coefficient (Wildman–Crippen LogP) is 4.87. The molecule has 1 N–H and O–H groups in total. The molecular weight excluding hydrogens is 372 g/mol. The van der Waals surface area contributed by atoms with E-state index in [1.807, 2.05) is 19.9 Å². The highest BCUT2D eigenvalue weighted by Crippen LogP contribution is 2.15. The van der Waals surface area contributed by atoms with Gasteiger partial charge in [0.1, 0.15) is 6.10 Å². The van der Waals surface area contributed by atoms with E-state index in [0.717, 1.165) is 19.3 Å². The van der Waals surface area contributed by atoms with E-state index in [2.05, 4.69) is 15.3 Å². The number of anilines is 1. The van der Waals surface area contributed by atoms with E-state index in [9.17, 15) is 9.59 Å². The Bertz CT molecular complexity index is 734. The van der Waals surface area contributed by atoms with Crippen molar-refractivity contribution in [2.24, 2.45) is 5.11 Å². The van der Waals surface area contributed by atoms with Gasteiger partial charge in [0.15, 0.2) is 0 Å². The van der Waals surface area contributed by atoms with Gasteiger partial charge in [0.2, 0.25) is 0 Å². The smallest absolute Gasteiger partial charge is 0.411 e. The minimum Gasteiger partial charge on any atom is -0.445 e. The molecule has 156 valence electrons. The van der Waals surface area contributed by atoms with Gasteiger partial charge in [0.25, 0.3) is 5.91 Å². The number of nitrogens with one attached hydrogen (secondary N) is 1. The molecule has 0 aliphatic carbocycles. The molecule has 1 atom stereocenters. The number of rotatable bonds is 12. The Morgan fingerprint density at radius 3 is 2.52 bits per heavy atom. The summed E-state index contributed by atoms with van der Waals surface area (Å²) in [5.41, 5.74) is 9.29. The van der Waals surface area contributed by atoms with Crippen LogP contribution in [0.25, 0.3) is 10.4 Å². The predicted molar refractivity (Wildman–Crippen MR) is 110 cm³/mol. The second-order valence-electron chi connectivity index (χ2n) is 6.37. The molecule has 1 rings (SSSR count). The van der Waals surface area contributed by atoms with Crippen molar-refractivity contribution in [3.05, 3.63) is 40.3 Å². The van der Waals surface area contributed by atoms with Crippen molar-refractivity contribution < 1.29 is 14.3 Å². The van der Waals surface area contributed by atoms with Crippen LogP contribution < -0.4 is 5.32 Å². The van der Waals surface area contributed by atoms with E-state index in [4.69, 9.17) is 15.5 Å². The molecule has 1 aromatic carbocycles. The maximum Gasteiger partial charge on any atom is 0.411 e. The van der Waals surface area contributed by atoms with Gasteiger partial charge in [-0.25, -0.2) is 4.79 Å². The summed E-state index contributed by atoms with van der Waals surface area (Å²) in [5.74, 6) is -0.0568. The summed E-state index contributed by atoms with van der Waals surface area (Å²) in [5, 5.41) is 15.0. The minimum absolute atomic E-state index is 0.0568. The lowest BCUT2D eigenvalue weighted by Gasteiger charge is -2.19. The monoisotopic (exact) mass is 400 g/mol. The second-order valence-corrected chi connectivity index (χ2v) is 6.37. The first kappa shape index (κ1) is 23.8. The minimum atomic E-state index is -0.637. The Morgan fingerprint density at radius 2 is 1.93 bits per heavy atom. The van der Waals surface area contributed by atoms with E-state index < -0.39 is 12.2 Å². The van der Waals surface area contributed by atoms with Crippen molar-refractivity contribution in [2.75, 3.05) is 25.0 Å². The van der Waals surface area contributed by atoms with Gasteiger partial charge >= 0.3 is 6.09 Å². The SMILES string of the molecule is CCN(CC)C(=O)c1ccc(NC(=O)OC(CC#N)CCCCCN=[N+]=[N-])cc1. The Morgan fingerprint density at radius 1 is 1.24 bits per heavy atom. The Balaban J connectivity index is 2.52. The summed E-state index contributed by atoms with van der Waals surface area (Å²) in [7, 11) is 0. The fraction of sp³-hybridized carbons (Fsp3) is 0.550. The zero-order valence-corrected chi connectivity index (χ0v) is 17.0. The molecule has 0 aliphatic heterocycles. The van der Waals surface area contributed by atoms with Crippen molar-refractivity contribution in [3.8, 4) is 6.07 Å². The summed E-state index contributed by atoms with van der Waals surface area (Å²) in [6.45, 7) is 5.55. The first-order chi connectivity index (χ1) is 14.0. The fourth-order valence-electron chi connectivity index (χ4n) is 2.77. The van der Waals surface area contributed by atoms with Crippen LogP contribution >= 0.6 is 0 Å². The van der Waals surface area contributed by atoms with Crippen LogP contribution in [0.4, 0.5) is 10.5 Å². The lowest BCUT2D eigenvalue weighted by Crippen LogP contribution is -2.30. The molecule has 9 heteroatoms. The molecule has 0 aliphatic rings. The van der Waals surface area contributed by atoms with Gasteiger partial charge in [-0.05, 0) is 62.9 Å². The Kier molecular flexibility index (Phi) is 11.4. The number of benzene rings is 1. The third-order valence-electron chi connectivity index (χ3n) is 4.37. The molecular formula is C20H28N6O3. The molecule has 29 heavy (non-hydrogen) atoms. The van der Waals surface area contributed by atoms with Gasteiger partial charge < -0.3 is 9.64 Å². The number of hydrogen-bond donors (Lipinski definition) is 1. The molecule has 9 nitrogen and oxygen atoms in total. The van der Waals surface area contributed by atoms with E-state index in [-0.39, 0.29) is 12.3 Å². The number of carbonyl (C=O) groups is 2. The van der Waals surface area contributed by atoms with Crippen molar-refractivity contribution in [1.29, 1.82) is 5.26 Å². The largest absolute Gasteiger partial charge is 0.445 e. The number of azide groups is 1. The molecule has 0 fully saturated rings. The summed E-state index contributed by atoms with van der Waals surface area (Å²) in [6.07, 6.45) is 1.89. The number of hydrogen-bond acceptors (Lipinski definition) is 5. The maximum absolute atomic E-state index is 12.3. The van der Waals surface area contributed by atoms with Crippen molar-refractivity contribution >= 4 is 17.7 Å². The van der Waals surface area contributed by atoms with Crippen molar-refractivity contribution in [3.63, 3.8) is 0 Å². The van der Waals surface area contributed by atoms with Gasteiger partial charge in [0.05, 0.1) is 12.5 Å². The zero-order valence-electron chi connectivity index (χ0n) is 17.0. The van der Waals surface area contributed by atoms with Gasteiger partial charge in [-0.15, -0.1) is 0 Å². The highest BCUT2D eigenvalue weighted by atomic mass is 16.6.